The van der Waals surface area contributed by atoms with E-state index >= 15 is 0 Å². The SMILES string of the molecule is Cc1oc(C)c(C(=O)NC2(CC(=O)O)CCCC2)c1C. The molecular weight excluding hydrogens is 258 g/mol. The molecule has 0 spiro atoms. The minimum Gasteiger partial charge on any atom is -0.481 e. The van der Waals surface area contributed by atoms with Gasteiger partial charge in [-0.2, -0.15) is 0 Å². The molecule has 1 fully saturated rings. The Morgan fingerprint density at radius 1 is 1.20 bits per heavy atom. The molecule has 2 rings (SSSR count). The van der Waals surface area contributed by atoms with Crippen molar-refractivity contribution in [3.63, 3.8) is 0 Å². The first kappa shape index (κ1) is 14.6. The number of carboxylic acids is 1. The lowest BCUT2D eigenvalue weighted by Crippen LogP contribution is -2.48. The molecule has 0 unspecified atom stereocenters. The molecule has 0 saturated heterocycles. The highest BCUT2D eigenvalue weighted by Gasteiger charge is 2.38. The molecule has 1 saturated carbocycles. The van der Waals surface area contributed by atoms with Gasteiger partial charge in [0.15, 0.2) is 0 Å². The van der Waals surface area contributed by atoms with E-state index in [1.165, 1.54) is 0 Å². The van der Waals surface area contributed by atoms with Crippen molar-refractivity contribution in [2.45, 2.75) is 58.4 Å². The Bertz CT molecular complexity index is 538. The van der Waals surface area contributed by atoms with E-state index in [1.54, 1.807) is 6.92 Å². The average Bonchev–Trinajstić information content (AvgIpc) is 2.84. The zero-order valence-corrected chi connectivity index (χ0v) is 12.2. The van der Waals surface area contributed by atoms with E-state index in [1.807, 2.05) is 13.8 Å². The summed E-state index contributed by atoms with van der Waals surface area (Å²) in [6, 6.07) is 0. The predicted octanol–water partition coefficient (Wildman–Crippen LogP) is 2.72. The predicted molar refractivity (Wildman–Crippen MR) is 73.8 cm³/mol. The molecule has 5 heteroatoms. The highest BCUT2D eigenvalue weighted by molar-refractivity contribution is 5.97. The molecule has 5 nitrogen and oxygen atoms in total. The summed E-state index contributed by atoms with van der Waals surface area (Å²) >= 11 is 0. The largest absolute Gasteiger partial charge is 0.481 e. The van der Waals surface area contributed by atoms with E-state index in [4.69, 9.17) is 9.52 Å². The van der Waals surface area contributed by atoms with Gasteiger partial charge in [-0.15, -0.1) is 0 Å². The van der Waals surface area contributed by atoms with Crippen molar-refractivity contribution in [3.05, 3.63) is 22.6 Å². The summed E-state index contributed by atoms with van der Waals surface area (Å²) in [6.07, 6.45) is 3.33. The number of amides is 1. The van der Waals surface area contributed by atoms with Crippen LogP contribution in [0.1, 0.15) is 59.5 Å². The van der Waals surface area contributed by atoms with Crippen molar-refractivity contribution < 1.29 is 19.1 Å². The Morgan fingerprint density at radius 2 is 1.80 bits per heavy atom. The van der Waals surface area contributed by atoms with Crippen LogP contribution in [0.5, 0.6) is 0 Å². The molecule has 0 atom stereocenters. The van der Waals surface area contributed by atoms with Crippen molar-refractivity contribution in [1.29, 1.82) is 0 Å². The minimum absolute atomic E-state index is 0.0202. The molecule has 20 heavy (non-hydrogen) atoms. The second-order valence-corrected chi connectivity index (χ2v) is 5.73. The van der Waals surface area contributed by atoms with Gasteiger partial charge >= 0.3 is 5.97 Å². The zero-order valence-electron chi connectivity index (χ0n) is 12.2. The molecule has 1 aromatic heterocycles. The molecule has 0 radical (unpaired) electrons. The first-order valence-electron chi connectivity index (χ1n) is 6.95. The maximum absolute atomic E-state index is 12.5. The highest BCUT2D eigenvalue weighted by atomic mass is 16.4. The standard InChI is InChI=1S/C15H21NO4/c1-9-10(2)20-11(3)13(9)14(19)16-15(8-12(17)18)6-4-5-7-15/h4-8H2,1-3H3,(H,16,19)(H,17,18). The van der Waals surface area contributed by atoms with E-state index in [9.17, 15) is 9.59 Å². The third kappa shape index (κ3) is 2.71. The van der Waals surface area contributed by atoms with Crippen LogP contribution in [0.3, 0.4) is 0 Å². The summed E-state index contributed by atoms with van der Waals surface area (Å²) in [5.74, 6) is 0.219. The van der Waals surface area contributed by atoms with E-state index < -0.39 is 11.5 Å². The number of carbonyl (C=O) groups is 2. The minimum atomic E-state index is -0.871. The van der Waals surface area contributed by atoms with Gasteiger partial charge in [0.25, 0.3) is 5.91 Å². The Morgan fingerprint density at radius 3 is 2.25 bits per heavy atom. The molecule has 2 N–H and O–H groups in total. The summed E-state index contributed by atoms with van der Waals surface area (Å²) in [4.78, 5) is 23.5. The van der Waals surface area contributed by atoms with E-state index in [0.717, 1.165) is 37.0 Å². The number of hydrogen-bond acceptors (Lipinski definition) is 3. The molecule has 0 bridgehead atoms. The molecule has 1 amide bonds. The van der Waals surface area contributed by atoms with Gasteiger partial charge in [-0.25, -0.2) is 0 Å². The van der Waals surface area contributed by atoms with Crippen LogP contribution in [0.25, 0.3) is 0 Å². The number of aryl methyl sites for hydroxylation is 2. The van der Waals surface area contributed by atoms with Gasteiger partial charge in [-0.1, -0.05) is 12.8 Å². The Hall–Kier alpha value is -1.78. The molecule has 1 aliphatic rings. The first-order chi connectivity index (χ1) is 9.34. The molecule has 110 valence electrons. The topological polar surface area (TPSA) is 79.5 Å². The van der Waals surface area contributed by atoms with Crippen LogP contribution >= 0.6 is 0 Å². The lowest BCUT2D eigenvalue weighted by atomic mass is 9.92. The maximum Gasteiger partial charge on any atom is 0.305 e. The summed E-state index contributed by atoms with van der Waals surface area (Å²) in [6.45, 7) is 5.42. The van der Waals surface area contributed by atoms with Crippen molar-refractivity contribution in [3.8, 4) is 0 Å². The summed E-state index contributed by atoms with van der Waals surface area (Å²) in [7, 11) is 0. The number of furan rings is 1. The second-order valence-electron chi connectivity index (χ2n) is 5.73. The van der Waals surface area contributed by atoms with Gasteiger partial charge < -0.3 is 14.8 Å². The monoisotopic (exact) mass is 279 g/mol. The number of carboxylic acid groups (broad SMARTS) is 1. The van der Waals surface area contributed by atoms with Crippen molar-refractivity contribution in [2.24, 2.45) is 0 Å². The van der Waals surface area contributed by atoms with Crippen molar-refractivity contribution in [2.75, 3.05) is 0 Å². The molecule has 1 aromatic rings. The third-order valence-corrected chi connectivity index (χ3v) is 4.22. The highest BCUT2D eigenvalue weighted by Crippen LogP contribution is 2.33. The van der Waals surface area contributed by atoms with Gasteiger partial charge in [-0.05, 0) is 33.6 Å². The molecule has 1 aliphatic carbocycles. The van der Waals surface area contributed by atoms with Crippen molar-refractivity contribution >= 4 is 11.9 Å². The first-order valence-corrected chi connectivity index (χ1v) is 6.95. The zero-order chi connectivity index (χ0) is 14.9. The Labute approximate surface area is 118 Å². The quantitative estimate of drug-likeness (QED) is 0.888. The number of hydrogen-bond donors (Lipinski definition) is 2. The van der Waals surface area contributed by atoms with E-state index in [0.29, 0.717) is 11.3 Å². The second kappa shape index (κ2) is 5.31. The molecule has 1 heterocycles. The number of carbonyl (C=O) groups excluding carboxylic acids is 1. The lowest BCUT2D eigenvalue weighted by Gasteiger charge is -2.28. The molecular formula is C15H21NO4. The third-order valence-electron chi connectivity index (χ3n) is 4.22. The van der Waals surface area contributed by atoms with Crippen LogP contribution in [0, 0.1) is 20.8 Å². The smallest absolute Gasteiger partial charge is 0.305 e. The summed E-state index contributed by atoms with van der Waals surface area (Å²) in [5.41, 5.74) is 0.759. The lowest BCUT2D eigenvalue weighted by molar-refractivity contribution is -0.138. The fourth-order valence-corrected chi connectivity index (χ4v) is 3.12. The summed E-state index contributed by atoms with van der Waals surface area (Å²) in [5, 5.41) is 12.0. The molecule has 0 aromatic carbocycles. The van der Waals surface area contributed by atoms with Gasteiger partial charge in [0.05, 0.1) is 17.5 Å². The Balaban J connectivity index is 2.23. The van der Waals surface area contributed by atoms with Crippen LogP contribution in [-0.4, -0.2) is 22.5 Å². The average molecular weight is 279 g/mol. The van der Waals surface area contributed by atoms with Crippen LogP contribution in [0.2, 0.25) is 0 Å². The van der Waals surface area contributed by atoms with Crippen LogP contribution < -0.4 is 5.32 Å². The fourth-order valence-electron chi connectivity index (χ4n) is 3.12. The van der Waals surface area contributed by atoms with Crippen molar-refractivity contribution in [1.82, 2.24) is 5.32 Å². The maximum atomic E-state index is 12.5. The van der Waals surface area contributed by atoms with Gasteiger partial charge in [-0.3, -0.25) is 9.59 Å². The van der Waals surface area contributed by atoms with Gasteiger partial charge in [0, 0.05) is 5.56 Å². The summed E-state index contributed by atoms with van der Waals surface area (Å²) < 4.78 is 5.47. The Kier molecular flexibility index (Phi) is 3.88. The van der Waals surface area contributed by atoms with Crippen LogP contribution in [-0.2, 0) is 4.79 Å². The van der Waals surface area contributed by atoms with Crippen LogP contribution in [0.4, 0.5) is 0 Å². The van der Waals surface area contributed by atoms with E-state index in [2.05, 4.69) is 5.32 Å². The number of rotatable bonds is 4. The number of aliphatic carboxylic acids is 1. The van der Waals surface area contributed by atoms with Crippen LogP contribution in [0.15, 0.2) is 4.42 Å². The van der Waals surface area contributed by atoms with E-state index in [-0.39, 0.29) is 12.3 Å². The van der Waals surface area contributed by atoms with Gasteiger partial charge in [0.2, 0.25) is 0 Å². The van der Waals surface area contributed by atoms with Gasteiger partial charge in [0.1, 0.15) is 11.5 Å². The molecule has 0 aliphatic heterocycles. The number of nitrogens with one attached hydrogen (secondary N) is 1. The fraction of sp³-hybridized carbons (Fsp3) is 0.600. The normalized spacial score (nSPS) is 17.1.